The number of carbonyl (C=O) groups excluding carboxylic acids is 1. The summed E-state index contributed by atoms with van der Waals surface area (Å²) in [5.74, 6) is -0.176. The SMILES string of the molecule is Cc1c(C(=O)Nc2ccc3[nH]nc(-c4ccccc4)c3c2)ccn2nncc12. The van der Waals surface area contributed by atoms with Gasteiger partial charge < -0.3 is 5.32 Å². The number of nitrogens with one attached hydrogen (secondary N) is 2. The maximum absolute atomic E-state index is 12.8. The first-order valence-electron chi connectivity index (χ1n) is 8.85. The number of anilines is 1. The van der Waals surface area contributed by atoms with E-state index in [9.17, 15) is 4.79 Å². The molecule has 3 heterocycles. The van der Waals surface area contributed by atoms with Gasteiger partial charge in [0.15, 0.2) is 0 Å². The Hall–Kier alpha value is -4.00. The van der Waals surface area contributed by atoms with Crippen LogP contribution in [0.5, 0.6) is 0 Å². The minimum absolute atomic E-state index is 0.176. The molecule has 0 bridgehead atoms. The van der Waals surface area contributed by atoms with E-state index in [-0.39, 0.29) is 5.91 Å². The van der Waals surface area contributed by atoms with Crippen LogP contribution in [0.1, 0.15) is 15.9 Å². The number of hydrogen-bond donors (Lipinski definition) is 2. The molecule has 7 heteroatoms. The van der Waals surface area contributed by atoms with Crippen molar-refractivity contribution in [3.05, 3.63) is 78.1 Å². The Labute approximate surface area is 160 Å². The van der Waals surface area contributed by atoms with E-state index in [2.05, 4.69) is 25.8 Å². The molecule has 2 N–H and O–H groups in total. The molecular formula is C21H16N6O. The second-order valence-corrected chi connectivity index (χ2v) is 6.57. The Bertz CT molecular complexity index is 1320. The predicted molar refractivity (Wildman–Crippen MR) is 107 cm³/mol. The van der Waals surface area contributed by atoms with Gasteiger partial charge in [-0.1, -0.05) is 35.5 Å². The van der Waals surface area contributed by atoms with Gasteiger partial charge in [-0.15, -0.1) is 5.10 Å². The van der Waals surface area contributed by atoms with Crippen molar-refractivity contribution >= 4 is 28.0 Å². The van der Waals surface area contributed by atoms with Crippen LogP contribution >= 0.6 is 0 Å². The molecule has 2 aromatic carbocycles. The average molecular weight is 368 g/mol. The van der Waals surface area contributed by atoms with E-state index in [4.69, 9.17) is 0 Å². The van der Waals surface area contributed by atoms with E-state index in [1.165, 1.54) is 0 Å². The monoisotopic (exact) mass is 368 g/mol. The molecule has 5 rings (SSSR count). The van der Waals surface area contributed by atoms with Gasteiger partial charge >= 0.3 is 0 Å². The van der Waals surface area contributed by atoms with Crippen molar-refractivity contribution in [2.45, 2.75) is 6.92 Å². The van der Waals surface area contributed by atoms with Gasteiger partial charge in [0.05, 0.1) is 22.9 Å². The number of H-pyrrole nitrogens is 1. The maximum atomic E-state index is 12.8. The first-order valence-corrected chi connectivity index (χ1v) is 8.85. The summed E-state index contributed by atoms with van der Waals surface area (Å²) in [5, 5.41) is 19.3. The number of hydrogen-bond acceptors (Lipinski definition) is 4. The molecule has 0 atom stereocenters. The number of aromatic nitrogens is 5. The van der Waals surface area contributed by atoms with Gasteiger partial charge in [-0.25, -0.2) is 4.52 Å². The Morgan fingerprint density at radius 2 is 1.96 bits per heavy atom. The highest BCUT2D eigenvalue weighted by atomic mass is 16.1. The second-order valence-electron chi connectivity index (χ2n) is 6.57. The molecule has 1 amide bonds. The molecule has 0 saturated carbocycles. The van der Waals surface area contributed by atoms with Crippen molar-refractivity contribution in [3.8, 4) is 11.3 Å². The van der Waals surface area contributed by atoms with Crippen molar-refractivity contribution in [1.29, 1.82) is 0 Å². The van der Waals surface area contributed by atoms with E-state index < -0.39 is 0 Å². The van der Waals surface area contributed by atoms with Gasteiger partial charge in [-0.3, -0.25) is 9.89 Å². The second kappa shape index (κ2) is 6.31. The molecule has 0 saturated heterocycles. The summed E-state index contributed by atoms with van der Waals surface area (Å²) >= 11 is 0. The van der Waals surface area contributed by atoms with Gasteiger partial charge in [0.1, 0.15) is 0 Å². The van der Waals surface area contributed by atoms with Crippen LogP contribution in [-0.2, 0) is 0 Å². The van der Waals surface area contributed by atoms with Crippen LogP contribution in [-0.4, -0.2) is 30.9 Å². The van der Waals surface area contributed by atoms with Gasteiger partial charge in [-0.05, 0) is 36.8 Å². The van der Waals surface area contributed by atoms with Gasteiger partial charge in [0.25, 0.3) is 5.91 Å². The third-order valence-electron chi connectivity index (χ3n) is 4.86. The zero-order valence-corrected chi connectivity index (χ0v) is 15.0. The van der Waals surface area contributed by atoms with Gasteiger partial charge in [0.2, 0.25) is 0 Å². The Kier molecular flexibility index (Phi) is 3.65. The largest absolute Gasteiger partial charge is 0.322 e. The number of aromatic amines is 1. The van der Waals surface area contributed by atoms with E-state index >= 15 is 0 Å². The molecular weight excluding hydrogens is 352 g/mol. The van der Waals surface area contributed by atoms with Crippen LogP contribution in [0.4, 0.5) is 5.69 Å². The fourth-order valence-corrected chi connectivity index (χ4v) is 3.38. The predicted octanol–water partition coefficient (Wildman–Crippen LogP) is 3.83. The smallest absolute Gasteiger partial charge is 0.256 e. The molecule has 5 aromatic rings. The number of aryl methyl sites for hydroxylation is 1. The lowest BCUT2D eigenvalue weighted by molar-refractivity contribution is 0.102. The van der Waals surface area contributed by atoms with Gasteiger partial charge in [0, 0.05) is 28.4 Å². The van der Waals surface area contributed by atoms with Crippen LogP contribution in [0, 0.1) is 6.92 Å². The summed E-state index contributed by atoms with van der Waals surface area (Å²) in [6, 6.07) is 17.4. The Morgan fingerprint density at radius 1 is 1.11 bits per heavy atom. The third kappa shape index (κ3) is 2.61. The molecule has 0 aliphatic heterocycles. The molecule has 136 valence electrons. The lowest BCUT2D eigenvalue weighted by Gasteiger charge is -2.09. The van der Waals surface area contributed by atoms with Gasteiger partial charge in [-0.2, -0.15) is 5.10 Å². The van der Waals surface area contributed by atoms with Crippen LogP contribution in [0.3, 0.4) is 0 Å². The Morgan fingerprint density at radius 3 is 2.82 bits per heavy atom. The molecule has 0 fully saturated rings. The first-order chi connectivity index (χ1) is 13.7. The zero-order valence-electron chi connectivity index (χ0n) is 15.0. The van der Waals surface area contributed by atoms with Crippen molar-refractivity contribution in [1.82, 2.24) is 25.0 Å². The molecule has 28 heavy (non-hydrogen) atoms. The molecule has 0 radical (unpaired) electrons. The van der Waals surface area contributed by atoms with Crippen molar-refractivity contribution in [2.24, 2.45) is 0 Å². The van der Waals surface area contributed by atoms with E-state index in [1.54, 1.807) is 23.0 Å². The van der Waals surface area contributed by atoms with E-state index in [0.29, 0.717) is 11.3 Å². The summed E-state index contributed by atoms with van der Waals surface area (Å²) in [7, 11) is 0. The minimum Gasteiger partial charge on any atom is -0.322 e. The normalized spacial score (nSPS) is 11.2. The number of fused-ring (bicyclic) bond motifs is 2. The van der Waals surface area contributed by atoms with Crippen molar-refractivity contribution < 1.29 is 4.79 Å². The quantitative estimate of drug-likeness (QED) is 0.506. The summed E-state index contributed by atoms with van der Waals surface area (Å²) < 4.78 is 1.65. The lowest BCUT2D eigenvalue weighted by Crippen LogP contribution is -2.14. The summed E-state index contributed by atoms with van der Waals surface area (Å²) in [6.45, 7) is 1.89. The number of amides is 1. The Balaban J connectivity index is 1.51. The number of nitrogens with zero attached hydrogens (tertiary/aromatic N) is 4. The molecule has 7 nitrogen and oxygen atoms in total. The van der Waals surface area contributed by atoms with Crippen molar-refractivity contribution in [3.63, 3.8) is 0 Å². The van der Waals surface area contributed by atoms with E-state index in [0.717, 1.165) is 33.2 Å². The molecule has 3 aromatic heterocycles. The third-order valence-corrected chi connectivity index (χ3v) is 4.86. The average Bonchev–Trinajstić information content (AvgIpc) is 3.36. The lowest BCUT2D eigenvalue weighted by atomic mass is 10.1. The number of pyridine rings is 1. The molecule has 0 aliphatic rings. The molecule has 0 spiro atoms. The zero-order chi connectivity index (χ0) is 19.1. The van der Waals surface area contributed by atoms with Crippen molar-refractivity contribution in [2.75, 3.05) is 5.32 Å². The van der Waals surface area contributed by atoms with Crippen LogP contribution in [0.2, 0.25) is 0 Å². The van der Waals surface area contributed by atoms with Crippen LogP contribution in [0.15, 0.2) is 67.0 Å². The van der Waals surface area contributed by atoms with Crippen LogP contribution < -0.4 is 5.32 Å². The number of rotatable bonds is 3. The highest BCUT2D eigenvalue weighted by Gasteiger charge is 2.14. The summed E-state index contributed by atoms with van der Waals surface area (Å²) in [4.78, 5) is 12.8. The highest BCUT2D eigenvalue weighted by molar-refractivity contribution is 6.07. The minimum atomic E-state index is -0.176. The fraction of sp³-hybridized carbons (Fsp3) is 0.0476. The van der Waals surface area contributed by atoms with Crippen LogP contribution in [0.25, 0.3) is 27.7 Å². The molecule has 0 aliphatic carbocycles. The fourth-order valence-electron chi connectivity index (χ4n) is 3.38. The standard InChI is InChI=1S/C21H16N6O/c1-13-16(9-10-27-19(13)12-22-26-27)21(28)23-15-7-8-18-17(11-15)20(25-24-18)14-5-3-2-4-6-14/h2-12H,1H3,(H,23,28)(H,24,25). The first kappa shape index (κ1) is 16.2. The summed E-state index contributed by atoms with van der Waals surface area (Å²) in [6.07, 6.45) is 3.38. The maximum Gasteiger partial charge on any atom is 0.256 e. The number of carbonyl (C=O) groups is 1. The van der Waals surface area contributed by atoms with E-state index in [1.807, 2.05) is 55.5 Å². The summed E-state index contributed by atoms with van der Waals surface area (Å²) in [5.41, 5.74) is 5.73. The highest BCUT2D eigenvalue weighted by Crippen LogP contribution is 2.28. The number of benzene rings is 2. The topological polar surface area (TPSA) is 88.0 Å². The molecule has 0 unspecified atom stereocenters.